The summed E-state index contributed by atoms with van der Waals surface area (Å²) in [6.45, 7) is 5.10. The Balaban J connectivity index is 1.58. The van der Waals surface area contributed by atoms with E-state index in [9.17, 15) is 8.42 Å². The first-order valence-electron chi connectivity index (χ1n) is 12.5. The van der Waals surface area contributed by atoms with E-state index in [1.165, 1.54) is 5.56 Å². The first kappa shape index (κ1) is 25.1. The Morgan fingerprint density at radius 2 is 1.60 bits per heavy atom. The van der Waals surface area contributed by atoms with E-state index in [-0.39, 0.29) is 9.79 Å². The van der Waals surface area contributed by atoms with E-state index >= 15 is 0 Å². The van der Waals surface area contributed by atoms with Crippen molar-refractivity contribution < 1.29 is 17.9 Å². The van der Waals surface area contributed by atoms with Crippen molar-refractivity contribution >= 4 is 15.5 Å². The van der Waals surface area contributed by atoms with Gasteiger partial charge in [0, 0.05) is 6.54 Å². The number of nitrogens with one attached hydrogen (secondary N) is 1. The van der Waals surface area contributed by atoms with Crippen molar-refractivity contribution in [1.29, 1.82) is 0 Å². The summed E-state index contributed by atoms with van der Waals surface area (Å²) in [5.41, 5.74) is 4.23. The summed E-state index contributed by atoms with van der Waals surface area (Å²) in [5.74, 6) is 1.92. The summed E-state index contributed by atoms with van der Waals surface area (Å²) >= 11 is 0. The molecule has 0 saturated carbocycles. The van der Waals surface area contributed by atoms with Crippen molar-refractivity contribution in [1.82, 2.24) is 0 Å². The SMILES string of the molecule is CCOc1cc2c(cc1S(=O)(=O)c1ccc(CNc3ccccc3OC)cc1)CCC(CC)CC2. The van der Waals surface area contributed by atoms with Gasteiger partial charge in [0.25, 0.3) is 0 Å². The molecule has 0 saturated heterocycles. The fraction of sp³-hybridized carbons (Fsp3) is 0.379. The Morgan fingerprint density at radius 3 is 2.26 bits per heavy atom. The fourth-order valence-corrected chi connectivity index (χ4v) is 6.19. The molecule has 3 aromatic carbocycles. The van der Waals surface area contributed by atoms with E-state index in [4.69, 9.17) is 9.47 Å². The molecule has 186 valence electrons. The number of aryl methyl sites for hydroxylation is 2. The van der Waals surface area contributed by atoms with Crippen LogP contribution in [0.3, 0.4) is 0 Å². The van der Waals surface area contributed by atoms with Crippen LogP contribution < -0.4 is 14.8 Å². The molecule has 4 rings (SSSR count). The van der Waals surface area contributed by atoms with Gasteiger partial charge in [0.1, 0.15) is 16.4 Å². The van der Waals surface area contributed by atoms with Crippen molar-refractivity contribution in [2.24, 2.45) is 5.92 Å². The highest BCUT2D eigenvalue weighted by Crippen LogP contribution is 2.36. The molecular formula is C29H35NO4S. The third-order valence-corrected chi connectivity index (χ3v) is 8.69. The van der Waals surface area contributed by atoms with E-state index in [1.54, 1.807) is 19.2 Å². The number of ether oxygens (including phenoxy) is 2. The number of benzene rings is 3. The molecule has 1 atom stereocenters. The summed E-state index contributed by atoms with van der Waals surface area (Å²) in [6, 6.07) is 18.6. The number of hydrogen-bond acceptors (Lipinski definition) is 5. The van der Waals surface area contributed by atoms with Gasteiger partial charge in [-0.1, -0.05) is 37.6 Å². The highest BCUT2D eigenvalue weighted by atomic mass is 32.2. The third kappa shape index (κ3) is 5.64. The van der Waals surface area contributed by atoms with E-state index < -0.39 is 9.84 Å². The molecule has 0 fully saturated rings. The number of para-hydroxylation sites is 2. The van der Waals surface area contributed by atoms with Crippen molar-refractivity contribution in [2.75, 3.05) is 19.0 Å². The number of anilines is 1. The highest BCUT2D eigenvalue weighted by molar-refractivity contribution is 7.91. The zero-order chi connectivity index (χ0) is 24.8. The molecule has 0 bridgehead atoms. The van der Waals surface area contributed by atoms with Crippen LogP contribution in [0.2, 0.25) is 0 Å². The third-order valence-electron chi connectivity index (χ3n) is 6.90. The van der Waals surface area contributed by atoms with Crippen LogP contribution >= 0.6 is 0 Å². The molecule has 1 N–H and O–H groups in total. The van der Waals surface area contributed by atoms with Gasteiger partial charge in [0.05, 0.1) is 24.3 Å². The van der Waals surface area contributed by atoms with E-state index in [1.807, 2.05) is 55.5 Å². The molecule has 6 heteroatoms. The number of sulfone groups is 1. The van der Waals surface area contributed by atoms with Gasteiger partial charge in [0.2, 0.25) is 9.84 Å². The van der Waals surface area contributed by atoms with E-state index in [0.29, 0.717) is 24.8 Å². The Hall–Kier alpha value is -2.99. The lowest BCUT2D eigenvalue weighted by molar-refractivity contribution is 0.330. The second kappa shape index (κ2) is 11.2. The number of hydrogen-bond donors (Lipinski definition) is 1. The minimum absolute atomic E-state index is 0.271. The van der Waals surface area contributed by atoms with Crippen molar-refractivity contribution in [3.05, 3.63) is 77.4 Å². The van der Waals surface area contributed by atoms with Crippen LogP contribution in [0.1, 0.15) is 49.8 Å². The molecule has 1 aliphatic carbocycles. The van der Waals surface area contributed by atoms with Crippen LogP contribution in [0, 0.1) is 5.92 Å². The molecule has 0 heterocycles. The van der Waals surface area contributed by atoms with Crippen LogP contribution in [-0.2, 0) is 29.2 Å². The van der Waals surface area contributed by atoms with Crippen LogP contribution in [0.15, 0.2) is 70.5 Å². The standard InChI is InChI=1S/C29H35NO4S/c1-4-21-10-14-23-18-28(34-5-2)29(19-24(23)15-11-21)35(31,32)25-16-12-22(13-17-25)20-30-26-8-6-7-9-27(26)33-3/h6-9,12-13,16-19,21,30H,4-5,10-11,14-15,20H2,1-3H3. The zero-order valence-corrected chi connectivity index (χ0v) is 21.7. The predicted octanol–water partition coefficient (Wildman–Crippen LogP) is 6.44. The smallest absolute Gasteiger partial charge is 0.210 e. The van der Waals surface area contributed by atoms with E-state index in [0.717, 1.165) is 54.7 Å². The van der Waals surface area contributed by atoms with Crippen LogP contribution in [0.5, 0.6) is 11.5 Å². The molecule has 1 aliphatic rings. The quantitative estimate of drug-likeness (QED) is 0.347. The monoisotopic (exact) mass is 493 g/mol. The van der Waals surface area contributed by atoms with Crippen LogP contribution in [0.25, 0.3) is 0 Å². The molecular weight excluding hydrogens is 458 g/mol. The Labute approximate surface area is 209 Å². The molecule has 0 aliphatic heterocycles. The lowest BCUT2D eigenvalue weighted by Gasteiger charge is -2.16. The second-order valence-electron chi connectivity index (χ2n) is 9.05. The molecule has 5 nitrogen and oxygen atoms in total. The van der Waals surface area contributed by atoms with Gasteiger partial charge in [0.15, 0.2) is 0 Å². The maximum absolute atomic E-state index is 13.7. The van der Waals surface area contributed by atoms with Gasteiger partial charge >= 0.3 is 0 Å². The minimum atomic E-state index is -3.72. The Bertz CT molecular complexity index is 1250. The Kier molecular flexibility index (Phi) is 8.01. The summed E-state index contributed by atoms with van der Waals surface area (Å²) in [4.78, 5) is 0.549. The molecule has 0 spiro atoms. The van der Waals surface area contributed by atoms with Gasteiger partial charge < -0.3 is 14.8 Å². The maximum Gasteiger partial charge on any atom is 0.210 e. The number of fused-ring (bicyclic) bond motifs is 1. The highest BCUT2D eigenvalue weighted by Gasteiger charge is 2.26. The number of rotatable bonds is 9. The first-order chi connectivity index (χ1) is 17.0. The van der Waals surface area contributed by atoms with Gasteiger partial charge in [-0.2, -0.15) is 0 Å². The van der Waals surface area contributed by atoms with Crippen LogP contribution in [0.4, 0.5) is 5.69 Å². The van der Waals surface area contributed by atoms with Crippen molar-refractivity contribution in [2.45, 2.75) is 62.3 Å². The predicted molar refractivity (Wildman–Crippen MR) is 140 cm³/mol. The molecule has 0 aromatic heterocycles. The molecule has 35 heavy (non-hydrogen) atoms. The summed E-state index contributed by atoms with van der Waals surface area (Å²) < 4.78 is 38.6. The van der Waals surface area contributed by atoms with Gasteiger partial charge in [-0.3, -0.25) is 0 Å². The maximum atomic E-state index is 13.7. The normalized spacial score (nSPS) is 15.7. The zero-order valence-electron chi connectivity index (χ0n) is 20.8. The number of methoxy groups -OCH3 is 1. The molecule has 3 aromatic rings. The Morgan fingerprint density at radius 1 is 0.914 bits per heavy atom. The molecule has 0 radical (unpaired) electrons. The minimum Gasteiger partial charge on any atom is -0.495 e. The average Bonchev–Trinajstić information content (AvgIpc) is 3.09. The van der Waals surface area contributed by atoms with Gasteiger partial charge in [-0.05, 0) is 91.6 Å². The molecule has 1 unspecified atom stereocenters. The average molecular weight is 494 g/mol. The summed E-state index contributed by atoms with van der Waals surface area (Å²) in [5, 5.41) is 3.35. The second-order valence-corrected chi connectivity index (χ2v) is 11.0. The summed E-state index contributed by atoms with van der Waals surface area (Å²) in [7, 11) is -2.08. The van der Waals surface area contributed by atoms with Crippen LogP contribution in [-0.4, -0.2) is 22.1 Å². The largest absolute Gasteiger partial charge is 0.495 e. The van der Waals surface area contributed by atoms with Crippen molar-refractivity contribution in [3.63, 3.8) is 0 Å². The topological polar surface area (TPSA) is 64.6 Å². The fourth-order valence-electron chi connectivity index (χ4n) is 4.76. The molecule has 0 amide bonds. The van der Waals surface area contributed by atoms with Crippen molar-refractivity contribution in [3.8, 4) is 11.5 Å². The lowest BCUT2D eigenvalue weighted by Crippen LogP contribution is -2.08. The van der Waals surface area contributed by atoms with E-state index in [2.05, 4.69) is 12.2 Å². The van der Waals surface area contributed by atoms with Gasteiger partial charge in [-0.25, -0.2) is 8.42 Å². The lowest BCUT2D eigenvalue weighted by atomic mass is 9.97. The summed E-state index contributed by atoms with van der Waals surface area (Å²) in [6.07, 6.45) is 5.30. The van der Waals surface area contributed by atoms with Gasteiger partial charge in [-0.15, -0.1) is 0 Å². The first-order valence-corrected chi connectivity index (χ1v) is 13.9.